The average molecular weight is 431 g/mol. The highest BCUT2D eigenvalue weighted by atomic mass is 32.1. The van der Waals surface area contributed by atoms with Crippen molar-refractivity contribution >= 4 is 28.1 Å². The number of carbonyl (C=O) groups is 1. The number of carbonyl (C=O) groups excluding carboxylic acids is 1. The summed E-state index contributed by atoms with van der Waals surface area (Å²) in [6.07, 6.45) is 0.948. The number of thiophene rings is 1. The van der Waals surface area contributed by atoms with Crippen LogP contribution in [0.4, 0.5) is 0 Å². The minimum absolute atomic E-state index is 0.0709. The summed E-state index contributed by atoms with van der Waals surface area (Å²) >= 11 is 1.79. The maximum Gasteiger partial charge on any atom is 0.261 e. The SMILES string of the molecule is NC(=O)Cn1c(CN2CCc3sccc3C2c2ccccc2)nc2ccccc2c1=O. The molecule has 7 heteroatoms. The first-order valence-corrected chi connectivity index (χ1v) is 11.1. The van der Waals surface area contributed by atoms with E-state index in [2.05, 4.69) is 28.5 Å². The van der Waals surface area contributed by atoms with Crippen molar-refractivity contribution in [2.24, 2.45) is 5.73 Å². The van der Waals surface area contributed by atoms with Crippen molar-refractivity contribution in [3.05, 3.63) is 98.2 Å². The zero-order valence-electron chi connectivity index (χ0n) is 16.9. The first kappa shape index (κ1) is 19.7. The molecule has 2 N–H and O–H groups in total. The Bertz CT molecular complexity index is 1310. The van der Waals surface area contributed by atoms with Crippen LogP contribution in [-0.4, -0.2) is 26.9 Å². The first-order valence-electron chi connectivity index (χ1n) is 10.2. The Hall–Kier alpha value is -3.29. The molecular weight excluding hydrogens is 408 g/mol. The van der Waals surface area contributed by atoms with E-state index >= 15 is 0 Å². The number of fused-ring (bicyclic) bond motifs is 2. The van der Waals surface area contributed by atoms with E-state index in [1.807, 2.05) is 30.3 Å². The quantitative estimate of drug-likeness (QED) is 0.528. The molecule has 1 amide bonds. The van der Waals surface area contributed by atoms with E-state index in [1.54, 1.807) is 23.5 Å². The number of hydrogen-bond donors (Lipinski definition) is 1. The van der Waals surface area contributed by atoms with Gasteiger partial charge in [0.05, 0.1) is 23.5 Å². The van der Waals surface area contributed by atoms with Gasteiger partial charge in [0.2, 0.25) is 5.91 Å². The first-order chi connectivity index (χ1) is 15.1. The summed E-state index contributed by atoms with van der Waals surface area (Å²) in [6.45, 7) is 1.11. The van der Waals surface area contributed by atoms with Crippen LogP contribution < -0.4 is 11.3 Å². The summed E-state index contributed by atoms with van der Waals surface area (Å²) in [4.78, 5) is 33.4. The van der Waals surface area contributed by atoms with Gasteiger partial charge in [0.15, 0.2) is 0 Å². The Morgan fingerprint density at radius 3 is 2.68 bits per heavy atom. The second kappa shape index (κ2) is 8.09. The molecule has 3 heterocycles. The minimum atomic E-state index is -0.557. The molecule has 0 saturated carbocycles. The average Bonchev–Trinajstić information content (AvgIpc) is 3.25. The molecule has 1 aliphatic rings. The number of amides is 1. The van der Waals surface area contributed by atoms with Crippen molar-refractivity contribution in [1.82, 2.24) is 14.5 Å². The van der Waals surface area contributed by atoms with Gasteiger partial charge in [-0.3, -0.25) is 19.1 Å². The van der Waals surface area contributed by atoms with Crippen LogP contribution in [0.3, 0.4) is 0 Å². The Balaban J connectivity index is 1.61. The molecular formula is C24H22N4O2S. The molecule has 5 rings (SSSR count). The third-order valence-electron chi connectivity index (χ3n) is 5.78. The molecule has 1 atom stereocenters. The smallest absolute Gasteiger partial charge is 0.261 e. The largest absolute Gasteiger partial charge is 0.368 e. The lowest BCUT2D eigenvalue weighted by Gasteiger charge is -2.36. The van der Waals surface area contributed by atoms with Crippen LogP contribution in [0.5, 0.6) is 0 Å². The van der Waals surface area contributed by atoms with Gasteiger partial charge < -0.3 is 5.73 Å². The molecule has 156 valence electrons. The van der Waals surface area contributed by atoms with Gasteiger partial charge in [-0.2, -0.15) is 0 Å². The molecule has 0 spiro atoms. The lowest BCUT2D eigenvalue weighted by Crippen LogP contribution is -2.38. The van der Waals surface area contributed by atoms with E-state index in [1.165, 1.54) is 20.6 Å². The van der Waals surface area contributed by atoms with E-state index in [4.69, 9.17) is 10.7 Å². The molecule has 1 unspecified atom stereocenters. The zero-order chi connectivity index (χ0) is 21.4. The minimum Gasteiger partial charge on any atom is -0.368 e. The lowest BCUT2D eigenvalue weighted by molar-refractivity contribution is -0.118. The van der Waals surface area contributed by atoms with E-state index in [9.17, 15) is 9.59 Å². The number of benzene rings is 2. The number of rotatable bonds is 5. The van der Waals surface area contributed by atoms with Gasteiger partial charge in [-0.1, -0.05) is 42.5 Å². The summed E-state index contributed by atoms with van der Waals surface area (Å²) in [5.41, 5.74) is 8.37. The fourth-order valence-electron chi connectivity index (χ4n) is 4.40. The van der Waals surface area contributed by atoms with Crippen molar-refractivity contribution in [1.29, 1.82) is 0 Å². The second-order valence-corrected chi connectivity index (χ2v) is 8.74. The van der Waals surface area contributed by atoms with Gasteiger partial charge in [0, 0.05) is 11.4 Å². The van der Waals surface area contributed by atoms with Crippen LogP contribution in [0, 0.1) is 0 Å². The molecule has 2 aromatic carbocycles. The van der Waals surface area contributed by atoms with Gasteiger partial charge in [-0.15, -0.1) is 11.3 Å². The highest BCUT2D eigenvalue weighted by Crippen LogP contribution is 2.38. The van der Waals surface area contributed by atoms with Crippen LogP contribution in [-0.2, 0) is 24.3 Å². The fraction of sp³-hybridized carbons (Fsp3) is 0.208. The van der Waals surface area contributed by atoms with Crippen LogP contribution in [0.1, 0.15) is 27.9 Å². The summed E-state index contributed by atoms with van der Waals surface area (Å²) in [5.74, 6) is 0.000848. The molecule has 0 radical (unpaired) electrons. The summed E-state index contributed by atoms with van der Waals surface area (Å²) in [6, 6.07) is 19.9. The van der Waals surface area contributed by atoms with E-state index in [-0.39, 0.29) is 18.1 Å². The fourth-order valence-corrected chi connectivity index (χ4v) is 5.30. The Morgan fingerprint density at radius 2 is 1.87 bits per heavy atom. The van der Waals surface area contributed by atoms with Gasteiger partial charge in [-0.05, 0) is 41.1 Å². The van der Waals surface area contributed by atoms with Crippen molar-refractivity contribution in [2.75, 3.05) is 6.54 Å². The van der Waals surface area contributed by atoms with E-state index in [0.717, 1.165) is 13.0 Å². The molecule has 4 aromatic rings. The number of hydrogen-bond acceptors (Lipinski definition) is 5. The molecule has 0 bridgehead atoms. The highest BCUT2D eigenvalue weighted by molar-refractivity contribution is 7.10. The highest BCUT2D eigenvalue weighted by Gasteiger charge is 2.30. The number of nitrogens with two attached hydrogens (primary N) is 1. The van der Waals surface area contributed by atoms with Crippen LogP contribution in [0.15, 0.2) is 70.8 Å². The molecule has 0 saturated heterocycles. The maximum absolute atomic E-state index is 13.1. The lowest BCUT2D eigenvalue weighted by atomic mass is 9.93. The number of nitrogens with zero attached hydrogens (tertiary/aromatic N) is 3. The number of primary amides is 1. The predicted molar refractivity (Wildman–Crippen MR) is 122 cm³/mol. The predicted octanol–water partition coefficient (Wildman–Crippen LogP) is 3.09. The summed E-state index contributed by atoms with van der Waals surface area (Å²) in [5, 5.41) is 2.63. The summed E-state index contributed by atoms with van der Waals surface area (Å²) < 4.78 is 1.43. The monoisotopic (exact) mass is 430 g/mol. The van der Waals surface area contributed by atoms with Crippen molar-refractivity contribution in [2.45, 2.75) is 25.6 Å². The molecule has 0 aliphatic carbocycles. The van der Waals surface area contributed by atoms with Crippen LogP contribution in [0.2, 0.25) is 0 Å². The maximum atomic E-state index is 13.1. The van der Waals surface area contributed by atoms with Crippen molar-refractivity contribution in [3.8, 4) is 0 Å². The molecule has 31 heavy (non-hydrogen) atoms. The number of aromatic nitrogens is 2. The van der Waals surface area contributed by atoms with Gasteiger partial charge in [0.1, 0.15) is 12.4 Å². The normalized spacial score (nSPS) is 16.3. The topological polar surface area (TPSA) is 81.2 Å². The van der Waals surface area contributed by atoms with Gasteiger partial charge in [0.25, 0.3) is 5.56 Å². The Kier molecular flexibility index (Phi) is 5.13. The van der Waals surface area contributed by atoms with E-state index < -0.39 is 5.91 Å². The van der Waals surface area contributed by atoms with E-state index in [0.29, 0.717) is 23.3 Å². The van der Waals surface area contributed by atoms with Crippen molar-refractivity contribution in [3.63, 3.8) is 0 Å². The standard InChI is InChI=1S/C24H22N4O2S/c25-21(29)14-28-22(26-19-9-5-4-8-17(19)24(28)30)15-27-12-10-20-18(11-13-31-20)23(27)16-6-2-1-3-7-16/h1-9,11,13,23H,10,12,14-15H2,(H2,25,29). The zero-order valence-corrected chi connectivity index (χ0v) is 17.7. The Morgan fingerprint density at radius 1 is 1.10 bits per heavy atom. The molecule has 6 nitrogen and oxygen atoms in total. The molecule has 2 aromatic heterocycles. The third-order valence-corrected chi connectivity index (χ3v) is 6.78. The van der Waals surface area contributed by atoms with Gasteiger partial charge in [-0.25, -0.2) is 4.98 Å². The van der Waals surface area contributed by atoms with Crippen molar-refractivity contribution < 1.29 is 4.79 Å². The van der Waals surface area contributed by atoms with Crippen LogP contribution in [0.25, 0.3) is 10.9 Å². The second-order valence-electron chi connectivity index (χ2n) is 7.74. The van der Waals surface area contributed by atoms with Gasteiger partial charge >= 0.3 is 0 Å². The Labute approximate surface area is 183 Å². The molecule has 1 aliphatic heterocycles. The summed E-state index contributed by atoms with van der Waals surface area (Å²) in [7, 11) is 0. The number of para-hydroxylation sites is 1. The van der Waals surface area contributed by atoms with Crippen LogP contribution >= 0.6 is 11.3 Å². The third kappa shape index (κ3) is 3.66. The molecule has 0 fully saturated rings.